The zero-order valence-corrected chi connectivity index (χ0v) is 17.8. The number of imidazole rings is 1. The van der Waals surface area contributed by atoms with E-state index in [0.29, 0.717) is 6.61 Å². The van der Waals surface area contributed by atoms with Crippen molar-refractivity contribution in [2.75, 3.05) is 0 Å². The minimum atomic E-state index is -0.456. The third-order valence-corrected chi connectivity index (χ3v) is 5.46. The average Bonchev–Trinajstić information content (AvgIpc) is 3.09. The summed E-state index contributed by atoms with van der Waals surface area (Å²) < 4.78 is 12.8. The fourth-order valence-corrected chi connectivity index (χ4v) is 3.96. The van der Waals surface area contributed by atoms with Gasteiger partial charge in [-0.25, -0.2) is 4.98 Å². The Balaban J connectivity index is 1.75. The van der Waals surface area contributed by atoms with Gasteiger partial charge in [-0.15, -0.1) is 0 Å². The molecular formula is C25H30N2O2. The first kappa shape index (κ1) is 19.6. The number of ether oxygens (including phenoxy) is 2. The summed E-state index contributed by atoms with van der Waals surface area (Å²) in [6.07, 6.45) is 4.64. The summed E-state index contributed by atoms with van der Waals surface area (Å²) in [5, 5.41) is 0. The van der Waals surface area contributed by atoms with E-state index >= 15 is 0 Å². The van der Waals surface area contributed by atoms with E-state index in [-0.39, 0.29) is 0 Å². The van der Waals surface area contributed by atoms with Crippen molar-refractivity contribution in [3.63, 3.8) is 0 Å². The number of aryl methyl sites for hydroxylation is 2. The van der Waals surface area contributed by atoms with Crippen LogP contribution in [0.3, 0.4) is 0 Å². The average molecular weight is 391 g/mol. The monoisotopic (exact) mass is 390 g/mol. The summed E-state index contributed by atoms with van der Waals surface area (Å²) in [6.45, 7) is 8.90. The van der Waals surface area contributed by atoms with Crippen LogP contribution in [0.15, 0.2) is 42.5 Å². The van der Waals surface area contributed by atoms with Gasteiger partial charge in [0, 0.05) is 0 Å². The second-order valence-corrected chi connectivity index (χ2v) is 8.36. The van der Waals surface area contributed by atoms with E-state index < -0.39 is 5.60 Å². The van der Waals surface area contributed by atoms with Crippen LogP contribution in [0.2, 0.25) is 0 Å². The van der Waals surface area contributed by atoms with Gasteiger partial charge in [-0.2, -0.15) is 0 Å². The van der Waals surface area contributed by atoms with Gasteiger partial charge in [-0.1, -0.05) is 50.1 Å². The van der Waals surface area contributed by atoms with Crippen molar-refractivity contribution in [1.82, 2.24) is 9.97 Å². The number of H-pyrrole nitrogens is 1. The highest BCUT2D eigenvalue weighted by atomic mass is 16.5. The van der Waals surface area contributed by atoms with Crippen LogP contribution >= 0.6 is 0 Å². The summed E-state index contributed by atoms with van der Waals surface area (Å²) in [7, 11) is 0. The molecule has 0 fully saturated rings. The molecule has 0 bridgehead atoms. The van der Waals surface area contributed by atoms with Gasteiger partial charge in [0.05, 0.1) is 11.3 Å². The lowest BCUT2D eigenvalue weighted by atomic mass is 9.92. The van der Waals surface area contributed by atoms with Gasteiger partial charge in [0.2, 0.25) is 0 Å². The molecule has 1 aromatic heterocycles. The Kier molecular flexibility index (Phi) is 5.35. The SMILES string of the molecule is CCCCCc1cc(OCc2ccccc2)c2c(c1)OC(C)(C)c1[nH]c(C)nc1-2. The topological polar surface area (TPSA) is 47.1 Å². The van der Waals surface area contributed by atoms with Gasteiger partial charge in [0.15, 0.2) is 0 Å². The Morgan fingerprint density at radius 3 is 2.62 bits per heavy atom. The maximum Gasteiger partial charge on any atom is 0.145 e. The van der Waals surface area contributed by atoms with E-state index in [0.717, 1.165) is 46.3 Å². The highest BCUT2D eigenvalue weighted by Gasteiger charge is 2.37. The Morgan fingerprint density at radius 2 is 1.86 bits per heavy atom. The molecule has 0 amide bonds. The largest absolute Gasteiger partial charge is 0.488 e. The maximum atomic E-state index is 6.45. The highest BCUT2D eigenvalue weighted by molar-refractivity contribution is 5.79. The number of hydrogen-bond acceptors (Lipinski definition) is 3. The molecule has 4 rings (SSSR count). The molecule has 0 unspecified atom stereocenters. The number of rotatable bonds is 7. The van der Waals surface area contributed by atoms with Crippen LogP contribution < -0.4 is 9.47 Å². The molecule has 0 saturated heterocycles. The molecule has 1 aliphatic heterocycles. The molecule has 0 radical (unpaired) electrons. The zero-order chi connectivity index (χ0) is 20.4. The number of nitrogens with zero attached hydrogens (tertiary/aromatic N) is 1. The van der Waals surface area contributed by atoms with E-state index in [4.69, 9.17) is 14.5 Å². The first-order valence-corrected chi connectivity index (χ1v) is 10.6. The number of benzene rings is 2. The second kappa shape index (κ2) is 7.94. The highest BCUT2D eigenvalue weighted by Crippen LogP contribution is 2.49. The van der Waals surface area contributed by atoms with Crippen molar-refractivity contribution >= 4 is 0 Å². The van der Waals surface area contributed by atoms with Gasteiger partial charge in [-0.3, -0.25) is 0 Å². The van der Waals surface area contributed by atoms with Crippen LogP contribution in [0.4, 0.5) is 0 Å². The summed E-state index contributed by atoms with van der Waals surface area (Å²) in [6, 6.07) is 14.6. The molecule has 152 valence electrons. The molecule has 3 aromatic rings. The Labute approximate surface area is 173 Å². The second-order valence-electron chi connectivity index (χ2n) is 8.36. The number of nitrogens with one attached hydrogen (secondary N) is 1. The molecular weight excluding hydrogens is 360 g/mol. The molecule has 0 atom stereocenters. The van der Waals surface area contributed by atoms with Crippen LogP contribution in [-0.4, -0.2) is 9.97 Å². The minimum Gasteiger partial charge on any atom is -0.488 e. The Morgan fingerprint density at radius 1 is 1.07 bits per heavy atom. The molecule has 0 aliphatic carbocycles. The molecule has 1 aliphatic rings. The molecule has 2 heterocycles. The van der Waals surface area contributed by atoms with Gasteiger partial charge < -0.3 is 14.5 Å². The standard InChI is InChI=1S/C25H30N2O2/c1-5-6-8-13-19-14-20(28-16-18-11-9-7-10-12-18)22-21(15-19)29-25(3,4)24-23(22)26-17(2)27-24/h7,9-12,14-15H,5-6,8,13,16H2,1-4H3,(H,26,27). The predicted molar refractivity (Wildman–Crippen MR) is 116 cm³/mol. The van der Waals surface area contributed by atoms with E-state index in [1.807, 2.05) is 25.1 Å². The number of aromatic amines is 1. The lowest BCUT2D eigenvalue weighted by Gasteiger charge is -2.33. The fourth-order valence-electron chi connectivity index (χ4n) is 3.96. The predicted octanol–water partition coefficient (Wildman–Crippen LogP) is 6.32. The Hall–Kier alpha value is -2.75. The van der Waals surface area contributed by atoms with Crippen molar-refractivity contribution in [3.05, 3.63) is 65.1 Å². The van der Waals surface area contributed by atoms with Crippen molar-refractivity contribution in [1.29, 1.82) is 0 Å². The van der Waals surface area contributed by atoms with Gasteiger partial charge in [0.1, 0.15) is 35.2 Å². The number of aromatic nitrogens is 2. The van der Waals surface area contributed by atoms with Crippen LogP contribution in [0.25, 0.3) is 11.3 Å². The van der Waals surface area contributed by atoms with Crippen molar-refractivity contribution in [2.24, 2.45) is 0 Å². The minimum absolute atomic E-state index is 0.456. The number of hydrogen-bond donors (Lipinski definition) is 1. The third-order valence-electron chi connectivity index (χ3n) is 5.46. The van der Waals surface area contributed by atoms with Crippen molar-refractivity contribution in [2.45, 2.75) is 65.6 Å². The molecule has 4 nitrogen and oxygen atoms in total. The molecule has 2 aromatic carbocycles. The molecule has 1 N–H and O–H groups in total. The molecule has 4 heteroatoms. The van der Waals surface area contributed by atoms with E-state index in [9.17, 15) is 0 Å². The quantitative estimate of drug-likeness (QED) is 0.480. The van der Waals surface area contributed by atoms with Crippen LogP contribution in [-0.2, 0) is 18.6 Å². The van der Waals surface area contributed by atoms with Crippen LogP contribution in [0, 0.1) is 6.92 Å². The van der Waals surface area contributed by atoms with E-state index in [2.05, 4.69) is 50.0 Å². The summed E-state index contributed by atoms with van der Waals surface area (Å²) in [5.74, 6) is 2.60. The number of fused-ring (bicyclic) bond motifs is 3. The molecule has 29 heavy (non-hydrogen) atoms. The summed E-state index contributed by atoms with van der Waals surface area (Å²) >= 11 is 0. The summed E-state index contributed by atoms with van der Waals surface area (Å²) in [4.78, 5) is 8.19. The van der Waals surface area contributed by atoms with Crippen LogP contribution in [0.5, 0.6) is 11.5 Å². The van der Waals surface area contributed by atoms with Crippen LogP contribution in [0.1, 0.15) is 62.7 Å². The molecule has 0 spiro atoms. The normalized spacial score (nSPS) is 14.1. The summed E-state index contributed by atoms with van der Waals surface area (Å²) in [5.41, 5.74) is 4.85. The Bertz CT molecular complexity index is 990. The number of unbranched alkanes of at least 4 members (excludes halogenated alkanes) is 2. The van der Waals surface area contributed by atoms with Gasteiger partial charge >= 0.3 is 0 Å². The first-order valence-electron chi connectivity index (χ1n) is 10.6. The smallest absolute Gasteiger partial charge is 0.145 e. The fraction of sp³-hybridized carbons (Fsp3) is 0.400. The van der Waals surface area contributed by atoms with Gasteiger partial charge in [0.25, 0.3) is 0 Å². The zero-order valence-electron chi connectivity index (χ0n) is 17.8. The third kappa shape index (κ3) is 4.02. The van der Waals surface area contributed by atoms with Gasteiger partial charge in [-0.05, 0) is 56.9 Å². The van der Waals surface area contributed by atoms with Crippen molar-refractivity contribution < 1.29 is 9.47 Å². The maximum absolute atomic E-state index is 6.45. The van der Waals surface area contributed by atoms with E-state index in [1.54, 1.807) is 0 Å². The van der Waals surface area contributed by atoms with E-state index in [1.165, 1.54) is 24.8 Å². The van der Waals surface area contributed by atoms with Crippen molar-refractivity contribution in [3.8, 4) is 22.8 Å². The first-order chi connectivity index (χ1) is 14.0. The lowest BCUT2D eigenvalue weighted by Crippen LogP contribution is -2.30. The lowest BCUT2D eigenvalue weighted by molar-refractivity contribution is 0.100. The molecule has 0 saturated carbocycles.